The summed E-state index contributed by atoms with van der Waals surface area (Å²) in [6.07, 6.45) is 3.38. The number of carbonyl (C=O) groups excluding carboxylic acids is 1. The Labute approximate surface area is 121 Å². The molecule has 2 aromatic heterocycles. The molecule has 0 aliphatic heterocycles. The summed E-state index contributed by atoms with van der Waals surface area (Å²) in [4.78, 5) is 19.2. The second-order valence-corrected chi connectivity index (χ2v) is 4.86. The lowest BCUT2D eigenvalue weighted by Gasteiger charge is -2.04. The van der Waals surface area contributed by atoms with Crippen molar-refractivity contribution in [2.24, 2.45) is 0 Å². The Morgan fingerprint density at radius 1 is 1.38 bits per heavy atom. The molecule has 0 fully saturated rings. The lowest BCUT2D eigenvalue weighted by atomic mass is 10.1. The van der Waals surface area contributed by atoms with Gasteiger partial charge < -0.3 is 10.3 Å². The van der Waals surface area contributed by atoms with Crippen LogP contribution in [-0.2, 0) is 6.54 Å². The monoisotopic (exact) mass is 283 g/mol. The zero-order valence-corrected chi connectivity index (χ0v) is 11.5. The molecule has 21 heavy (non-hydrogen) atoms. The number of hydrogen-bond donors (Lipinski definition) is 2. The fourth-order valence-corrected chi connectivity index (χ4v) is 2.31. The highest BCUT2D eigenvalue weighted by Crippen LogP contribution is 2.22. The SMILES string of the molecule is Cc1c(C(=O)NCc2cccnc2)[nH]c2cc(F)ccc12. The van der Waals surface area contributed by atoms with E-state index in [4.69, 9.17) is 0 Å². The largest absolute Gasteiger partial charge is 0.350 e. The van der Waals surface area contributed by atoms with Crippen LogP contribution in [0.2, 0.25) is 0 Å². The van der Waals surface area contributed by atoms with Crippen molar-refractivity contribution in [3.8, 4) is 0 Å². The Kier molecular flexibility index (Phi) is 3.39. The minimum atomic E-state index is -0.328. The van der Waals surface area contributed by atoms with E-state index in [1.807, 2.05) is 19.1 Å². The maximum Gasteiger partial charge on any atom is 0.268 e. The molecule has 1 amide bonds. The first-order valence-electron chi connectivity index (χ1n) is 6.60. The lowest BCUT2D eigenvalue weighted by Crippen LogP contribution is -2.23. The molecule has 0 spiro atoms. The van der Waals surface area contributed by atoms with Gasteiger partial charge in [0.1, 0.15) is 11.5 Å². The van der Waals surface area contributed by atoms with Gasteiger partial charge in [-0.15, -0.1) is 0 Å². The molecule has 0 saturated carbocycles. The third kappa shape index (κ3) is 2.63. The first-order chi connectivity index (χ1) is 10.1. The van der Waals surface area contributed by atoms with Crippen LogP contribution in [0.1, 0.15) is 21.6 Å². The number of halogens is 1. The summed E-state index contributed by atoms with van der Waals surface area (Å²) in [6.45, 7) is 2.24. The van der Waals surface area contributed by atoms with Crippen LogP contribution in [0.3, 0.4) is 0 Å². The van der Waals surface area contributed by atoms with Crippen LogP contribution < -0.4 is 5.32 Å². The second kappa shape index (κ2) is 5.36. The number of rotatable bonds is 3. The standard InChI is InChI=1S/C16H14FN3O/c1-10-13-5-4-12(17)7-14(13)20-15(10)16(21)19-9-11-3-2-6-18-8-11/h2-8,20H,9H2,1H3,(H,19,21). The topological polar surface area (TPSA) is 57.8 Å². The van der Waals surface area contributed by atoms with Crippen molar-refractivity contribution in [2.75, 3.05) is 0 Å². The fourth-order valence-electron chi connectivity index (χ4n) is 2.31. The molecule has 0 atom stereocenters. The molecule has 5 heteroatoms. The van der Waals surface area contributed by atoms with E-state index in [2.05, 4.69) is 15.3 Å². The molecule has 3 rings (SSSR count). The average Bonchev–Trinajstić information content (AvgIpc) is 2.82. The Morgan fingerprint density at radius 3 is 3.00 bits per heavy atom. The van der Waals surface area contributed by atoms with Gasteiger partial charge in [0.15, 0.2) is 0 Å². The number of pyridine rings is 1. The Morgan fingerprint density at radius 2 is 2.24 bits per heavy atom. The Bertz CT molecular complexity index is 796. The molecule has 1 aromatic carbocycles. The number of aromatic nitrogens is 2. The van der Waals surface area contributed by atoms with Crippen LogP contribution in [0, 0.1) is 12.7 Å². The Hall–Kier alpha value is -2.69. The quantitative estimate of drug-likeness (QED) is 0.776. The molecule has 106 valence electrons. The predicted molar refractivity (Wildman–Crippen MR) is 78.4 cm³/mol. The van der Waals surface area contributed by atoms with E-state index in [1.165, 1.54) is 12.1 Å². The molecule has 0 aliphatic rings. The summed E-state index contributed by atoms with van der Waals surface area (Å²) >= 11 is 0. The molecule has 2 N–H and O–H groups in total. The molecule has 4 nitrogen and oxygen atoms in total. The number of hydrogen-bond acceptors (Lipinski definition) is 2. The maximum atomic E-state index is 13.2. The fraction of sp³-hybridized carbons (Fsp3) is 0.125. The number of carbonyl (C=O) groups is 1. The Balaban J connectivity index is 1.83. The zero-order valence-electron chi connectivity index (χ0n) is 11.5. The van der Waals surface area contributed by atoms with Crippen LogP contribution in [0.5, 0.6) is 0 Å². The van der Waals surface area contributed by atoms with Crippen molar-refractivity contribution in [1.82, 2.24) is 15.3 Å². The normalized spacial score (nSPS) is 10.8. The first kappa shape index (κ1) is 13.3. The number of amides is 1. The number of H-pyrrole nitrogens is 1. The van der Waals surface area contributed by atoms with Gasteiger partial charge in [0.25, 0.3) is 5.91 Å². The van der Waals surface area contributed by atoms with Crippen LogP contribution in [-0.4, -0.2) is 15.9 Å². The third-order valence-electron chi connectivity index (χ3n) is 3.42. The van der Waals surface area contributed by atoms with Gasteiger partial charge in [0.2, 0.25) is 0 Å². The van der Waals surface area contributed by atoms with E-state index >= 15 is 0 Å². The van der Waals surface area contributed by atoms with E-state index in [0.717, 1.165) is 16.5 Å². The van der Waals surface area contributed by atoms with Crippen molar-refractivity contribution in [1.29, 1.82) is 0 Å². The predicted octanol–water partition coefficient (Wildman–Crippen LogP) is 2.94. The molecule has 0 radical (unpaired) electrons. The van der Waals surface area contributed by atoms with Crippen molar-refractivity contribution >= 4 is 16.8 Å². The molecule has 2 heterocycles. The van der Waals surface area contributed by atoms with Crippen molar-refractivity contribution in [2.45, 2.75) is 13.5 Å². The lowest BCUT2D eigenvalue weighted by molar-refractivity contribution is 0.0946. The number of fused-ring (bicyclic) bond motifs is 1. The summed E-state index contributed by atoms with van der Waals surface area (Å²) in [5, 5.41) is 3.68. The van der Waals surface area contributed by atoms with E-state index in [-0.39, 0.29) is 11.7 Å². The first-order valence-corrected chi connectivity index (χ1v) is 6.60. The van der Waals surface area contributed by atoms with Gasteiger partial charge >= 0.3 is 0 Å². The maximum absolute atomic E-state index is 13.2. The highest BCUT2D eigenvalue weighted by Gasteiger charge is 2.14. The van der Waals surface area contributed by atoms with Gasteiger partial charge in [0, 0.05) is 29.8 Å². The molecule has 0 bridgehead atoms. The van der Waals surface area contributed by atoms with Crippen LogP contribution in [0.15, 0.2) is 42.7 Å². The number of benzene rings is 1. The van der Waals surface area contributed by atoms with Gasteiger partial charge in [-0.2, -0.15) is 0 Å². The van der Waals surface area contributed by atoms with Crippen molar-refractivity contribution in [3.63, 3.8) is 0 Å². The minimum absolute atomic E-state index is 0.215. The van der Waals surface area contributed by atoms with E-state index < -0.39 is 0 Å². The summed E-state index contributed by atoms with van der Waals surface area (Å²) in [5.74, 6) is -0.543. The summed E-state index contributed by atoms with van der Waals surface area (Å²) in [5.41, 5.74) is 2.82. The molecular formula is C16H14FN3O. The van der Waals surface area contributed by atoms with Gasteiger partial charge in [-0.05, 0) is 42.3 Å². The van der Waals surface area contributed by atoms with Crippen LogP contribution in [0.25, 0.3) is 10.9 Å². The average molecular weight is 283 g/mol. The summed E-state index contributed by atoms with van der Waals surface area (Å²) < 4.78 is 13.2. The van der Waals surface area contributed by atoms with E-state index in [1.54, 1.807) is 18.5 Å². The van der Waals surface area contributed by atoms with Crippen LogP contribution in [0.4, 0.5) is 4.39 Å². The number of nitrogens with zero attached hydrogens (tertiary/aromatic N) is 1. The smallest absolute Gasteiger partial charge is 0.268 e. The number of nitrogens with one attached hydrogen (secondary N) is 2. The summed E-state index contributed by atoms with van der Waals surface area (Å²) in [7, 11) is 0. The van der Waals surface area contributed by atoms with Crippen molar-refractivity contribution in [3.05, 3.63) is 65.4 Å². The van der Waals surface area contributed by atoms with Gasteiger partial charge in [-0.1, -0.05) is 6.07 Å². The van der Waals surface area contributed by atoms with Gasteiger partial charge in [-0.25, -0.2) is 4.39 Å². The van der Waals surface area contributed by atoms with Gasteiger partial charge in [-0.3, -0.25) is 9.78 Å². The highest BCUT2D eigenvalue weighted by atomic mass is 19.1. The number of aryl methyl sites for hydroxylation is 1. The van der Waals surface area contributed by atoms with Gasteiger partial charge in [0.05, 0.1) is 0 Å². The highest BCUT2D eigenvalue weighted by molar-refractivity contribution is 6.00. The summed E-state index contributed by atoms with van der Waals surface area (Å²) in [6, 6.07) is 8.16. The third-order valence-corrected chi connectivity index (χ3v) is 3.42. The zero-order chi connectivity index (χ0) is 14.8. The number of aromatic amines is 1. The van der Waals surface area contributed by atoms with Crippen molar-refractivity contribution < 1.29 is 9.18 Å². The second-order valence-electron chi connectivity index (χ2n) is 4.86. The molecule has 0 saturated heterocycles. The van der Waals surface area contributed by atoms with Crippen LogP contribution >= 0.6 is 0 Å². The molecule has 0 unspecified atom stereocenters. The van der Waals surface area contributed by atoms with E-state index in [0.29, 0.717) is 17.8 Å². The molecular weight excluding hydrogens is 269 g/mol. The molecule has 0 aliphatic carbocycles. The molecule has 3 aromatic rings. The van der Waals surface area contributed by atoms with E-state index in [9.17, 15) is 9.18 Å². The minimum Gasteiger partial charge on any atom is -0.350 e.